The van der Waals surface area contributed by atoms with Crippen LogP contribution >= 0.6 is 0 Å². The number of methoxy groups -OCH3 is 1. The lowest BCUT2D eigenvalue weighted by molar-refractivity contribution is 0.0357. The van der Waals surface area contributed by atoms with Crippen LogP contribution in [0.5, 0.6) is 23.0 Å². The van der Waals surface area contributed by atoms with Gasteiger partial charge >= 0.3 is 5.69 Å². The minimum absolute atomic E-state index is 0.00619. The largest absolute Gasteiger partial charge is 0.493 e. The van der Waals surface area contributed by atoms with E-state index < -0.39 is 34.5 Å². The van der Waals surface area contributed by atoms with Crippen molar-refractivity contribution in [3.05, 3.63) is 105 Å². The highest BCUT2D eigenvalue weighted by atomic mass is 19.1. The molecule has 15 heteroatoms. The molecular formula is C34H32F2N6O7. The maximum absolute atomic E-state index is 15.3. The van der Waals surface area contributed by atoms with Crippen LogP contribution in [-0.2, 0) is 11.8 Å². The van der Waals surface area contributed by atoms with E-state index in [4.69, 9.17) is 18.9 Å². The van der Waals surface area contributed by atoms with Crippen molar-refractivity contribution in [1.82, 2.24) is 24.2 Å². The Morgan fingerprint density at radius 1 is 0.980 bits per heavy atom. The van der Waals surface area contributed by atoms with Crippen LogP contribution < -0.4 is 30.8 Å². The number of benzene rings is 3. The Kier molecular flexibility index (Phi) is 9.92. The molecule has 0 saturated carbocycles. The molecule has 0 aliphatic carbocycles. The third-order valence-electron chi connectivity index (χ3n) is 7.82. The summed E-state index contributed by atoms with van der Waals surface area (Å²) in [6, 6.07) is 13.6. The van der Waals surface area contributed by atoms with Gasteiger partial charge in [-0.1, -0.05) is 6.07 Å². The van der Waals surface area contributed by atoms with Gasteiger partial charge in [0, 0.05) is 56.1 Å². The van der Waals surface area contributed by atoms with Gasteiger partial charge in [0.25, 0.3) is 11.5 Å². The average molecular weight is 675 g/mol. The van der Waals surface area contributed by atoms with Crippen molar-refractivity contribution in [1.29, 1.82) is 0 Å². The highest BCUT2D eigenvalue weighted by Crippen LogP contribution is 2.38. The number of hydrogen-bond acceptors (Lipinski definition) is 10. The summed E-state index contributed by atoms with van der Waals surface area (Å²) in [5, 5.41) is 6.83. The number of pyridine rings is 1. The Morgan fingerprint density at radius 2 is 1.80 bits per heavy atom. The lowest BCUT2D eigenvalue weighted by atomic mass is 10.1. The summed E-state index contributed by atoms with van der Waals surface area (Å²) in [5.41, 5.74) is -2.00. The standard InChI is InChI=1S/C34H32F2N6O7/c1-40-33(44)31(39-42(34(40)45)23-6-3-5-21(35)17-23)32(43)38-22-7-8-28(25(36)18-22)49-27-9-10-37-26-20-30(29(46-2)19-24(26)27)48-14-4-11-41-12-15-47-16-13-41/h3,5-10,17-20H,4,11-16H2,1-2H3,(H,38,43). The third kappa shape index (κ3) is 7.42. The van der Waals surface area contributed by atoms with Gasteiger partial charge in [-0.05, 0) is 48.9 Å². The highest BCUT2D eigenvalue weighted by Gasteiger charge is 2.20. The molecule has 0 bridgehead atoms. The van der Waals surface area contributed by atoms with Crippen LogP contribution in [0.15, 0.2) is 76.4 Å². The minimum Gasteiger partial charge on any atom is -0.493 e. The van der Waals surface area contributed by atoms with E-state index >= 15 is 4.39 Å². The summed E-state index contributed by atoms with van der Waals surface area (Å²) in [6.45, 7) is 4.65. The molecule has 0 spiro atoms. The summed E-state index contributed by atoms with van der Waals surface area (Å²) >= 11 is 0. The molecule has 0 atom stereocenters. The lowest BCUT2D eigenvalue weighted by Crippen LogP contribution is -2.43. The van der Waals surface area contributed by atoms with Crippen molar-refractivity contribution in [3.63, 3.8) is 0 Å². The van der Waals surface area contributed by atoms with Gasteiger partial charge in [0.05, 0.1) is 38.1 Å². The van der Waals surface area contributed by atoms with Gasteiger partial charge in [0.2, 0.25) is 5.69 Å². The molecule has 3 aromatic carbocycles. The Hall–Kier alpha value is -5.67. The number of rotatable bonds is 11. The zero-order valence-electron chi connectivity index (χ0n) is 26.7. The van der Waals surface area contributed by atoms with Crippen LogP contribution in [0.4, 0.5) is 14.5 Å². The first-order valence-corrected chi connectivity index (χ1v) is 15.4. The van der Waals surface area contributed by atoms with Crippen molar-refractivity contribution in [2.45, 2.75) is 6.42 Å². The van der Waals surface area contributed by atoms with Gasteiger partial charge in [0.15, 0.2) is 23.1 Å². The molecule has 254 valence electrons. The van der Waals surface area contributed by atoms with Crippen LogP contribution in [0, 0.1) is 11.6 Å². The Morgan fingerprint density at radius 3 is 2.55 bits per heavy atom. The number of morpholine rings is 1. The molecule has 3 heterocycles. The number of amides is 1. The zero-order chi connectivity index (χ0) is 34.5. The third-order valence-corrected chi connectivity index (χ3v) is 7.82. The van der Waals surface area contributed by atoms with Crippen LogP contribution in [0.2, 0.25) is 0 Å². The average Bonchev–Trinajstić information content (AvgIpc) is 3.10. The van der Waals surface area contributed by atoms with Crippen LogP contribution in [0.3, 0.4) is 0 Å². The molecule has 6 rings (SSSR count). The highest BCUT2D eigenvalue weighted by molar-refractivity contribution is 6.02. The molecule has 0 unspecified atom stereocenters. The second-order valence-corrected chi connectivity index (χ2v) is 11.1. The molecule has 13 nitrogen and oxygen atoms in total. The molecule has 1 fully saturated rings. The predicted molar refractivity (Wildman–Crippen MR) is 175 cm³/mol. The molecule has 1 saturated heterocycles. The van der Waals surface area contributed by atoms with Gasteiger partial charge in [-0.15, -0.1) is 0 Å². The van der Waals surface area contributed by atoms with E-state index in [0.717, 1.165) is 63.1 Å². The number of carbonyl (C=O) groups excluding carboxylic acids is 1. The van der Waals surface area contributed by atoms with Gasteiger partial charge in [0.1, 0.15) is 11.6 Å². The first kappa shape index (κ1) is 33.2. The molecule has 1 amide bonds. The summed E-state index contributed by atoms with van der Waals surface area (Å²) < 4.78 is 53.4. The van der Waals surface area contributed by atoms with Crippen LogP contribution in [0.25, 0.3) is 16.6 Å². The maximum Gasteiger partial charge on any atom is 0.351 e. The molecule has 0 radical (unpaired) electrons. The summed E-state index contributed by atoms with van der Waals surface area (Å²) in [7, 11) is 2.68. The number of nitrogens with zero attached hydrogens (tertiary/aromatic N) is 5. The Bertz CT molecular complexity index is 2130. The van der Waals surface area contributed by atoms with Crippen molar-refractivity contribution in [3.8, 4) is 28.7 Å². The van der Waals surface area contributed by atoms with E-state index in [2.05, 4.69) is 20.3 Å². The van der Waals surface area contributed by atoms with Crippen LogP contribution in [0.1, 0.15) is 16.9 Å². The van der Waals surface area contributed by atoms with Gasteiger partial charge in [-0.3, -0.25) is 24.0 Å². The topological polar surface area (TPSA) is 139 Å². The van der Waals surface area contributed by atoms with Gasteiger partial charge < -0.3 is 24.3 Å². The number of ether oxygens (including phenoxy) is 4. The molecular weight excluding hydrogens is 642 g/mol. The molecule has 2 aromatic heterocycles. The monoisotopic (exact) mass is 674 g/mol. The number of nitrogens with one attached hydrogen (secondary N) is 1. The fourth-order valence-electron chi connectivity index (χ4n) is 5.25. The Balaban J connectivity index is 1.17. The number of anilines is 1. The molecule has 49 heavy (non-hydrogen) atoms. The first-order valence-electron chi connectivity index (χ1n) is 15.4. The van der Waals surface area contributed by atoms with Gasteiger partial charge in [-0.2, -0.15) is 9.78 Å². The fraction of sp³-hybridized carbons (Fsp3) is 0.265. The zero-order valence-corrected chi connectivity index (χ0v) is 26.7. The SMILES string of the molecule is COc1cc2c(Oc3ccc(NC(=O)c4nn(-c5cccc(F)c5)c(=O)n(C)c4=O)cc3F)ccnc2cc1OCCCN1CCOCC1. The number of fused-ring (bicyclic) bond motifs is 1. The summed E-state index contributed by atoms with van der Waals surface area (Å²) in [5.74, 6) is -1.35. The van der Waals surface area contributed by atoms with E-state index in [1.165, 1.54) is 43.6 Å². The smallest absolute Gasteiger partial charge is 0.351 e. The van der Waals surface area contributed by atoms with Crippen molar-refractivity contribution in [2.75, 3.05) is 51.9 Å². The second-order valence-electron chi connectivity index (χ2n) is 11.1. The van der Waals surface area contributed by atoms with Crippen molar-refractivity contribution >= 4 is 22.5 Å². The summed E-state index contributed by atoms with van der Waals surface area (Å²) in [4.78, 5) is 45.2. The van der Waals surface area contributed by atoms with Gasteiger partial charge in [-0.25, -0.2) is 13.6 Å². The van der Waals surface area contributed by atoms with E-state index in [1.807, 2.05) is 0 Å². The molecule has 1 aliphatic heterocycles. The number of halogens is 2. The first-order chi connectivity index (χ1) is 23.7. The molecule has 1 aliphatic rings. The van der Waals surface area contributed by atoms with E-state index in [-0.39, 0.29) is 17.1 Å². The van der Waals surface area contributed by atoms with E-state index in [1.54, 1.807) is 18.2 Å². The maximum atomic E-state index is 15.3. The normalized spacial score (nSPS) is 13.3. The number of aromatic nitrogens is 4. The second kappa shape index (κ2) is 14.6. The molecule has 5 aromatic rings. The minimum atomic E-state index is -1.01. The number of hydrogen-bond donors (Lipinski definition) is 1. The molecule has 1 N–H and O–H groups in total. The Labute approximate surface area is 278 Å². The summed E-state index contributed by atoms with van der Waals surface area (Å²) in [6.07, 6.45) is 2.34. The fourth-order valence-corrected chi connectivity index (χ4v) is 5.25. The van der Waals surface area contributed by atoms with Crippen LogP contribution in [-0.4, -0.2) is 76.7 Å². The van der Waals surface area contributed by atoms with E-state index in [0.29, 0.717) is 39.3 Å². The predicted octanol–water partition coefficient (Wildman–Crippen LogP) is 3.91. The van der Waals surface area contributed by atoms with E-state index in [9.17, 15) is 18.8 Å². The number of carbonyl (C=O) groups is 1. The van der Waals surface area contributed by atoms with Crippen molar-refractivity contribution < 1.29 is 32.5 Å². The lowest BCUT2D eigenvalue weighted by Gasteiger charge is -2.26. The quantitative estimate of drug-likeness (QED) is 0.205. The van der Waals surface area contributed by atoms with Crippen molar-refractivity contribution in [2.24, 2.45) is 7.05 Å².